The zero-order valence-electron chi connectivity index (χ0n) is 28.4. The molecular formula is C38H48N6O5. The number of aryl methyl sites for hydroxylation is 1. The second kappa shape index (κ2) is 14.6. The summed E-state index contributed by atoms with van der Waals surface area (Å²) in [6.07, 6.45) is 5.19. The van der Waals surface area contributed by atoms with Crippen molar-refractivity contribution < 1.29 is 19.1 Å². The molecule has 3 N–H and O–H groups in total. The van der Waals surface area contributed by atoms with Gasteiger partial charge in [-0.25, -0.2) is 9.59 Å². The lowest BCUT2D eigenvalue weighted by Crippen LogP contribution is -2.52. The number of piperidine rings is 3. The molecule has 0 unspecified atom stereocenters. The number of likely N-dealkylation sites (tertiary alicyclic amines) is 2. The van der Waals surface area contributed by atoms with Crippen molar-refractivity contribution in [2.75, 3.05) is 51.1 Å². The molecule has 3 fully saturated rings. The summed E-state index contributed by atoms with van der Waals surface area (Å²) < 4.78 is 6.12. The number of hydrogen-bond acceptors (Lipinski definition) is 6. The zero-order chi connectivity index (χ0) is 33.9. The van der Waals surface area contributed by atoms with Crippen LogP contribution in [0.2, 0.25) is 0 Å². The molecule has 2 aromatic carbocycles. The topological polar surface area (TPSA) is 127 Å². The second-order valence-corrected chi connectivity index (χ2v) is 14.3. The van der Waals surface area contributed by atoms with Crippen LogP contribution in [0.4, 0.5) is 15.3 Å². The minimum atomic E-state index is -0.963. The number of amides is 4. The van der Waals surface area contributed by atoms with E-state index in [2.05, 4.69) is 15.6 Å². The van der Waals surface area contributed by atoms with Gasteiger partial charge in [0.1, 0.15) is 0 Å². The number of para-hydroxylation sites is 1. The Bertz CT molecular complexity index is 1740. The molecule has 49 heavy (non-hydrogen) atoms. The van der Waals surface area contributed by atoms with E-state index in [1.54, 1.807) is 11.0 Å². The maximum absolute atomic E-state index is 14.1. The normalized spacial score (nSPS) is 20.4. The van der Waals surface area contributed by atoms with Gasteiger partial charge in [-0.05, 0) is 117 Å². The SMILES string of the molecule is Cc1cc(C[C@@H](OC(=O)N2CCC(N3CCc4ccccc4NC3=O)CC2)C(=O)N2CCC(C3CCNCC3)CC2)cc2ccc(=O)[nH]c12. The van der Waals surface area contributed by atoms with Gasteiger partial charge >= 0.3 is 12.1 Å². The first kappa shape index (κ1) is 33.1. The number of fused-ring (bicyclic) bond motifs is 2. The highest BCUT2D eigenvalue weighted by Gasteiger charge is 2.36. The summed E-state index contributed by atoms with van der Waals surface area (Å²) in [5, 5.41) is 7.38. The fourth-order valence-electron chi connectivity index (χ4n) is 8.44. The van der Waals surface area contributed by atoms with Crippen LogP contribution >= 0.6 is 0 Å². The van der Waals surface area contributed by atoms with Gasteiger partial charge in [0.2, 0.25) is 5.56 Å². The summed E-state index contributed by atoms with van der Waals surface area (Å²) in [7, 11) is 0. The van der Waals surface area contributed by atoms with E-state index in [0.717, 1.165) is 65.6 Å². The molecule has 4 amide bonds. The van der Waals surface area contributed by atoms with Crippen LogP contribution in [0, 0.1) is 18.8 Å². The highest BCUT2D eigenvalue weighted by molar-refractivity contribution is 5.91. The lowest BCUT2D eigenvalue weighted by Gasteiger charge is -2.39. The Kier molecular flexibility index (Phi) is 9.89. The van der Waals surface area contributed by atoms with Crippen LogP contribution < -0.4 is 16.2 Å². The van der Waals surface area contributed by atoms with Crippen molar-refractivity contribution in [3.05, 3.63) is 75.6 Å². The van der Waals surface area contributed by atoms with Crippen LogP contribution in [-0.4, -0.2) is 95.7 Å². The number of aromatic amines is 1. The van der Waals surface area contributed by atoms with E-state index in [0.29, 0.717) is 57.4 Å². The number of anilines is 1. The largest absolute Gasteiger partial charge is 0.436 e. The summed E-state index contributed by atoms with van der Waals surface area (Å²) >= 11 is 0. The molecule has 0 spiro atoms. The van der Waals surface area contributed by atoms with E-state index in [1.165, 1.54) is 18.9 Å². The van der Waals surface area contributed by atoms with Gasteiger partial charge in [0, 0.05) is 56.9 Å². The molecule has 0 bridgehead atoms. The summed E-state index contributed by atoms with van der Waals surface area (Å²) in [6.45, 7) is 6.94. The van der Waals surface area contributed by atoms with E-state index in [-0.39, 0.29) is 30.0 Å². The monoisotopic (exact) mass is 668 g/mol. The quantitative estimate of drug-likeness (QED) is 0.350. The number of nitrogens with zero attached hydrogens (tertiary/aromatic N) is 3. The van der Waals surface area contributed by atoms with E-state index in [1.807, 2.05) is 53.1 Å². The van der Waals surface area contributed by atoms with Crippen molar-refractivity contribution in [2.24, 2.45) is 11.8 Å². The second-order valence-electron chi connectivity index (χ2n) is 14.3. The molecule has 0 saturated carbocycles. The van der Waals surface area contributed by atoms with Crippen LogP contribution in [0.25, 0.3) is 10.9 Å². The molecule has 4 aliphatic rings. The van der Waals surface area contributed by atoms with Gasteiger partial charge in [-0.2, -0.15) is 0 Å². The number of benzene rings is 2. The predicted octanol–water partition coefficient (Wildman–Crippen LogP) is 4.68. The molecule has 0 aliphatic carbocycles. The highest BCUT2D eigenvalue weighted by atomic mass is 16.6. The third-order valence-electron chi connectivity index (χ3n) is 11.2. The maximum Gasteiger partial charge on any atom is 0.410 e. The molecule has 4 aliphatic heterocycles. The Hall–Kier alpha value is -4.38. The van der Waals surface area contributed by atoms with Crippen molar-refractivity contribution in [1.82, 2.24) is 25.0 Å². The van der Waals surface area contributed by atoms with Crippen LogP contribution in [0.3, 0.4) is 0 Å². The molecule has 0 radical (unpaired) electrons. The fourth-order valence-corrected chi connectivity index (χ4v) is 8.44. The summed E-state index contributed by atoms with van der Waals surface area (Å²) in [5.74, 6) is 1.18. The van der Waals surface area contributed by atoms with Gasteiger partial charge in [-0.3, -0.25) is 9.59 Å². The Morgan fingerprint density at radius 3 is 2.35 bits per heavy atom. The minimum Gasteiger partial charge on any atom is -0.436 e. The maximum atomic E-state index is 14.1. The number of hydrogen-bond donors (Lipinski definition) is 3. The lowest BCUT2D eigenvalue weighted by molar-refractivity contribution is -0.142. The van der Waals surface area contributed by atoms with Gasteiger partial charge in [-0.1, -0.05) is 24.3 Å². The zero-order valence-corrected chi connectivity index (χ0v) is 28.4. The van der Waals surface area contributed by atoms with Crippen LogP contribution in [0.1, 0.15) is 55.2 Å². The van der Waals surface area contributed by atoms with Crippen molar-refractivity contribution in [2.45, 2.75) is 70.4 Å². The molecular weight excluding hydrogens is 620 g/mol. The van der Waals surface area contributed by atoms with Gasteiger partial charge in [0.25, 0.3) is 5.91 Å². The summed E-state index contributed by atoms with van der Waals surface area (Å²) in [6, 6.07) is 15.0. The van der Waals surface area contributed by atoms with Crippen molar-refractivity contribution in [1.29, 1.82) is 0 Å². The number of nitrogens with one attached hydrogen (secondary N) is 3. The number of urea groups is 1. The van der Waals surface area contributed by atoms with E-state index in [4.69, 9.17) is 4.74 Å². The molecule has 5 heterocycles. The first-order valence-corrected chi connectivity index (χ1v) is 18.1. The molecule has 3 aromatic rings. The Morgan fingerprint density at radius 2 is 1.57 bits per heavy atom. The first-order chi connectivity index (χ1) is 23.8. The summed E-state index contributed by atoms with van der Waals surface area (Å²) in [4.78, 5) is 61.3. The fraction of sp³-hybridized carbons (Fsp3) is 0.526. The molecule has 11 heteroatoms. The number of carbonyl (C=O) groups is 3. The van der Waals surface area contributed by atoms with Crippen molar-refractivity contribution in [3.8, 4) is 0 Å². The summed E-state index contributed by atoms with van der Waals surface area (Å²) in [5.41, 5.74) is 4.36. The van der Waals surface area contributed by atoms with Crippen LogP contribution in [0.5, 0.6) is 0 Å². The minimum absolute atomic E-state index is 0.0176. The average Bonchev–Trinajstić information content (AvgIpc) is 3.30. The number of rotatable bonds is 6. The van der Waals surface area contributed by atoms with Crippen LogP contribution in [-0.2, 0) is 22.4 Å². The van der Waals surface area contributed by atoms with E-state index in [9.17, 15) is 19.2 Å². The van der Waals surface area contributed by atoms with Gasteiger partial charge in [0.05, 0.1) is 5.52 Å². The Balaban J connectivity index is 1.02. The van der Waals surface area contributed by atoms with Gasteiger partial charge in [0.15, 0.2) is 6.10 Å². The molecule has 11 nitrogen and oxygen atoms in total. The number of aromatic nitrogens is 1. The van der Waals surface area contributed by atoms with Crippen molar-refractivity contribution in [3.63, 3.8) is 0 Å². The standard InChI is InChI=1S/C38H48N6O5/c1-25-22-26(23-30-6-7-34(45)41-35(25)30)24-33(36(46)42-17-10-28(11-18-42)27-8-15-39-16-9-27)49-38(48)43-19-13-31(14-20-43)44-21-12-29-4-2-3-5-32(29)40-37(44)47/h2-7,22-23,27-28,31,33,39H,8-21,24H2,1H3,(H,40,47)(H,41,45)/t33-/m1/s1. The predicted molar refractivity (Wildman–Crippen MR) is 189 cm³/mol. The van der Waals surface area contributed by atoms with Crippen molar-refractivity contribution >= 4 is 34.6 Å². The molecule has 3 saturated heterocycles. The highest BCUT2D eigenvalue weighted by Crippen LogP contribution is 2.32. The van der Waals surface area contributed by atoms with Gasteiger partial charge < -0.3 is 35.1 Å². The molecule has 1 aromatic heterocycles. The third kappa shape index (κ3) is 7.46. The smallest absolute Gasteiger partial charge is 0.410 e. The number of carbonyl (C=O) groups excluding carboxylic acids is 3. The van der Waals surface area contributed by atoms with Crippen LogP contribution in [0.15, 0.2) is 53.3 Å². The number of pyridine rings is 1. The van der Waals surface area contributed by atoms with E-state index < -0.39 is 12.2 Å². The number of ether oxygens (including phenoxy) is 1. The molecule has 260 valence electrons. The third-order valence-corrected chi connectivity index (χ3v) is 11.2. The van der Waals surface area contributed by atoms with E-state index >= 15 is 0 Å². The molecule has 1 atom stereocenters. The van der Waals surface area contributed by atoms with Gasteiger partial charge in [-0.15, -0.1) is 0 Å². The lowest BCUT2D eigenvalue weighted by atomic mass is 9.79. The average molecular weight is 669 g/mol. The molecule has 7 rings (SSSR count). The first-order valence-electron chi connectivity index (χ1n) is 18.1. The number of H-pyrrole nitrogens is 1. The Morgan fingerprint density at radius 1 is 0.857 bits per heavy atom. The Labute approximate surface area is 287 Å².